The molecule has 1 heteroatoms. The van der Waals surface area contributed by atoms with Gasteiger partial charge in [-0.05, 0) is 37.8 Å². The van der Waals surface area contributed by atoms with E-state index in [0.717, 1.165) is 12.1 Å². The van der Waals surface area contributed by atoms with Gasteiger partial charge >= 0.3 is 0 Å². The molecule has 0 unspecified atom stereocenters. The Morgan fingerprint density at radius 1 is 1.58 bits per heavy atom. The van der Waals surface area contributed by atoms with Crippen LogP contribution in [0.2, 0.25) is 0 Å². The lowest BCUT2D eigenvalue weighted by Crippen LogP contribution is -2.11. The summed E-state index contributed by atoms with van der Waals surface area (Å²) in [4.78, 5) is 0. The van der Waals surface area contributed by atoms with Gasteiger partial charge in [-0.25, -0.2) is 0 Å². The fourth-order valence-corrected chi connectivity index (χ4v) is 1.73. The third-order valence-corrected chi connectivity index (χ3v) is 2.24. The molecule has 0 saturated carbocycles. The normalized spacial score (nSPS) is 24.9. The van der Waals surface area contributed by atoms with Crippen molar-refractivity contribution < 1.29 is 0 Å². The molecule has 1 nitrogen and oxygen atoms in total. The molecule has 0 saturated heterocycles. The first kappa shape index (κ1) is 9.11. The first-order valence-electron chi connectivity index (χ1n) is 4.44. The number of nitrogens with two attached hydrogens (primary N) is 1. The molecule has 0 heterocycles. The summed E-state index contributed by atoms with van der Waals surface area (Å²) >= 11 is 0. The summed E-state index contributed by atoms with van der Waals surface area (Å²) in [6.45, 7) is 6.38. The highest BCUT2D eigenvalue weighted by Gasteiger charge is 2.14. The van der Waals surface area contributed by atoms with E-state index in [9.17, 15) is 0 Å². The number of allylic oxidation sites excluding steroid dienone is 5. The van der Waals surface area contributed by atoms with Gasteiger partial charge in [0, 0.05) is 5.70 Å². The summed E-state index contributed by atoms with van der Waals surface area (Å²) in [5.41, 5.74) is 9.50. The van der Waals surface area contributed by atoms with Gasteiger partial charge in [0.25, 0.3) is 0 Å². The van der Waals surface area contributed by atoms with E-state index in [1.807, 2.05) is 13.0 Å². The standard InChI is InChI=1S/C11H17N/c1-4-5-10-9(3)6-8(2)7-11(10)12/h4-5,7,9H,6,12H2,1-3H3/b5-4-/t9-/m0/s1. The third-order valence-electron chi connectivity index (χ3n) is 2.24. The van der Waals surface area contributed by atoms with Crippen LogP contribution >= 0.6 is 0 Å². The van der Waals surface area contributed by atoms with Crippen LogP contribution in [0.4, 0.5) is 0 Å². The van der Waals surface area contributed by atoms with Gasteiger partial charge in [-0.15, -0.1) is 0 Å². The van der Waals surface area contributed by atoms with Crippen molar-refractivity contribution in [2.45, 2.75) is 27.2 Å². The zero-order valence-electron chi connectivity index (χ0n) is 8.09. The average Bonchev–Trinajstić information content (AvgIpc) is 1.96. The Balaban J connectivity index is 2.99. The summed E-state index contributed by atoms with van der Waals surface area (Å²) in [6.07, 6.45) is 7.38. The summed E-state index contributed by atoms with van der Waals surface area (Å²) < 4.78 is 0. The largest absolute Gasteiger partial charge is 0.398 e. The maximum absolute atomic E-state index is 5.90. The van der Waals surface area contributed by atoms with Gasteiger partial charge in [-0.3, -0.25) is 0 Å². The highest BCUT2D eigenvalue weighted by Crippen LogP contribution is 2.27. The topological polar surface area (TPSA) is 26.0 Å². The summed E-state index contributed by atoms with van der Waals surface area (Å²) in [6, 6.07) is 0. The Hall–Kier alpha value is -0.980. The third kappa shape index (κ3) is 1.79. The molecule has 1 aliphatic carbocycles. The quantitative estimate of drug-likeness (QED) is 0.632. The van der Waals surface area contributed by atoms with Crippen LogP contribution in [0.1, 0.15) is 27.2 Å². The van der Waals surface area contributed by atoms with E-state index in [0.29, 0.717) is 5.92 Å². The predicted octanol–water partition coefficient (Wildman–Crippen LogP) is 2.76. The first-order chi connectivity index (χ1) is 5.65. The minimum absolute atomic E-state index is 0.575. The fraction of sp³-hybridized carbons (Fsp3) is 0.455. The maximum atomic E-state index is 5.90. The molecule has 66 valence electrons. The highest BCUT2D eigenvalue weighted by atomic mass is 14.6. The van der Waals surface area contributed by atoms with E-state index in [-0.39, 0.29) is 0 Å². The van der Waals surface area contributed by atoms with Gasteiger partial charge in [-0.2, -0.15) is 0 Å². The van der Waals surface area contributed by atoms with E-state index in [1.54, 1.807) is 0 Å². The van der Waals surface area contributed by atoms with Crippen LogP contribution < -0.4 is 5.73 Å². The van der Waals surface area contributed by atoms with E-state index >= 15 is 0 Å². The first-order valence-corrected chi connectivity index (χ1v) is 4.44. The van der Waals surface area contributed by atoms with Crippen molar-refractivity contribution in [3.05, 3.63) is 35.1 Å². The van der Waals surface area contributed by atoms with Crippen molar-refractivity contribution in [3.63, 3.8) is 0 Å². The summed E-state index contributed by atoms with van der Waals surface area (Å²) in [5.74, 6) is 0.575. The number of hydrogen-bond acceptors (Lipinski definition) is 1. The van der Waals surface area contributed by atoms with Crippen molar-refractivity contribution in [1.82, 2.24) is 0 Å². The van der Waals surface area contributed by atoms with Crippen molar-refractivity contribution in [2.75, 3.05) is 0 Å². The fourth-order valence-electron chi connectivity index (χ4n) is 1.73. The van der Waals surface area contributed by atoms with Gasteiger partial charge in [0.05, 0.1) is 0 Å². The molecule has 1 atom stereocenters. The highest BCUT2D eigenvalue weighted by molar-refractivity contribution is 5.38. The molecule has 0 aromatic heterocycles. The second-order valence-electron chi connectivity index (χ2n) is 3.51. The molecular formula is C11H17N. The lowest BCUT2D eigenvalue weighted by Gasteiger charge is -2.20. The molecule has 0 amide bonds. The van der Waals surface area contributed by atoms with Crippen molar-refractivity contribution in [1.29, 1.82) is 0 Å². The van der Waals surface area contributed by atoms with E-state index in [2.05, 4.69) is 26.0 Å². The molecule has 1 rings (SSSR count). The van der Waals surface area contributed by atoms with E-state index < -0.39 is 0 Å². The monoisotopic (exact) mass is 163 g/mol. The Bertz CT molecular complexity index is 256. The predicted molar refractivity (Wildman–Crippen MR) is 53.6 cm³/mol. The molecule has 0 aliphatic heterocycles. The Kier molecular flexibility index (Phi) is 2.74. The van der Waals surface area contributed by atoms with Crippen LogP contribution in [0.5, 0.6) is 0 Å². The SMILES string of the molecule is C/C=C\C1=C(N)C=C(C)C[C@@H]1C. The van der Waals surface area contributed by atoms with Gasteiger partial charge in [0.15, 0.2) is 0 Å². The van der Waals surface area contributed by atoms with Crippen LogP contribution in [-0.2, 0) is 0 Å². The molecule has 0 aromatic carbocycles. The molecule has 0 fully saturated rings. The van der Waals surface area contributed by atoms with Gasteiger partial charge in [0.2, 0.25) is 0 Å². The molecule has 0 radical (unpaired) electrons. The lowest BCUT2D eigenvalue weighted by molar-refractivity contribution is 0.667. The van der Waals surface area contributed by atoms with Gasteiger partial charge in [0.1, 0.15) is 0 Å². The van der Waals surface area contributed by atoms with Crippen molar-refractivity contribution in [2.24, 2.45) is 11.7 Å². The van der Waals surface area contributed by atoms with Crippen LogP contribution in [0.15, 0.2) is 35.1 Å². The second-order valence-corrected chi connectivity index (χ2v) is 3.51. The number of rotatable bonds is 1. The minimum Gasteiger partial charge on any atom is -0.398 e. The van der Waals surface area contributed by atoms with Crippen LogP contribution in [0, 0.1) is 5.92 Å². The minimum atomic E-state index is 0.575. The molecule has 0 aromatic rings. The maximum Gasteiger partial charge on any atom is 0.0348 e. The molecule has 0 spiro atoms. The Morgan fingerprint density at radius 2 is 2.25 bits per heavy atom. The molecule has 2 N–H and O–H groups in total. The molecule has 12 heavy (non-hydrogen) atoms. The van der Waals surface area contributed by atoms with Crippen molar-refractivity contribution in [3.8, 4) is 0 Å². The van der Waals surface area contributed by atoms with E-state index in [4.69, 9.17) is 5.73 Å². The molecule has 1 aliphatic rings. The van der Waals surface area contributed by atoms with Crippen LogP contribution in [-0.4, -0.2) is 0 Å². The van der Waals surface area contributed by atoms with Gasteiger partial charge < -0.3 is 5.73 Å². The summed E-state index contributed by atoms with van der Waals surface area (Å²) in [7, 11) is 0. The molecule has 0 bridgehead atoms. The van der Waals surface area contributed by atoms with Crippen LogP contribution in [0.25, 0.3) is 0 Å². The van der Waals surface area contributed by atoms with Gasteiger partial charge in [-0.1, -0.05) is 24.6 Å². The Labute approximate surface area is 74.7 Å². The van der Waals surface area contributed by atoms with E-state index in [1.165, 1.54) is 11.1 Å². The average molecular weight is 163 g/mol. The Morgan fingerprint density at radius 3 is 2.75 bits per heavy atom. The summed E-state index contributed by atoms with van der Waals surface area (Å²) in [5, 5.41) is 0. The zero-order chi connectivity index (χ0) is 9.14. The molecular weight excluding hydrogens is 146 g/mol. The lowest BCUT2D eigenvalue weighted by atomic mass is 9.87. The number of hydrogen-bond donors (Lipinski definition) is 1. The smallest absolute Gasteiger partial charge is 0.0348 e. The van der Waals surface area contributed by atoms with Crippen LogP contribution in [0.3, 0.4) is 0 Å². The zero-order valence-corrected chi connectivity index (χ0v) is 8.09. The van der Waals surface area contributed by atoms with Crippen molar-refractivity contribution >= 4 is 0 Å². The second kappa shape index (κ2) is 3.61.